The Labute approximate surface area is 176 Å². The van der Waals surface area contributed by atoms with E-state index in [4.69, 9.17) is 0 Å². The van der Waals surface area contributed by atoms with Gasteiger partial charge >= 0.3 is 5.97 Å². The van der Waals surface area contributed by atoms with Crippen LogP contribution in [0.15, 0.2) is 0 Å². The van der Waals surface area contributed by atoms with Crippen LogP contribution in [0, 0.1) is 5.92 Å². The summed E-state index contributed by atoms with van der Waals surface area (Å²) in [6, 6.07) is -2.86. The van der Waals surface area contributed by atoms with E-state index in [1.807, 2.05) is 13.8 Å². The van der Waals surface area contributed by atoms with Crippen molar-refractivity contribution in [1.82, 2.24) is 20.9 Å². The lowest BCUT2D eigenvalue weighted by atomic mass is 10.0. The van der Waals surface area contributed by atoms with Crippen molar-refractivity contribution in [3.63, 3.8) is 0 Å². The van der Waals surface area contributed by atoms with Crippen LogP contribution in [-0.2, 0) is 19.2 Å². The van der Waals surface area contributed by atoms with E-state index in [-0.39, 0.29) is 29.5 Å². The lowest BCUT2D eigenvalue weighted by molar-refractivity contribution is -0.145. The lowest BCUT2D eigenvalue weighted by Gasteiger charge is -2.29. The zero-order chi connectivity index (χ0) is 21.6. The number of carbonyl (C=O) groups is 4. The minimum atomic E-state index is -1.09. The number of aliphatic carboxylic acids is 1. The summed E-state index contributed by atoms with van der Waals surface area (Å²) >= 11 is 4.21. The molecule has 0 aromatic heterocycles. The third-order valence-electron chi connectivity index (χ3n) is 5.33. The van der Waals surface area contributed by atoms with Gasteiger partial charge in [-0.15, -0.1) is 0 Å². The fourth-order valence-corrected chi connectivity index (χ4v) is 4.08. The topological polar surface area (TPSA) is 128 Å². The molecular weight excluding hydrogens is 396 g/mol. The van der Waals surface area contributed by atoms with E-state index in [2.05, 4.69) is 28.6 Å². The molecule has 0 saturated carbocycles. The molecule has 2 heterocycles. The molecule has 9 nitrogen and oxygen atoms in total. The minimum absolute atomic E-state index is 0.102. The number of likely N-dealkylation sites (tertiary alicyclic amines) is 1. The number of carboxylic acid groups (broad SMARTS) is 1. The second-order valence-corrected chi connectivity index (χ2v) is 8.48. The van der Waals surface area contributed by atoms with Gasteiger partial charge in [-0.2, -0.15) is 12.6 Å². The molecule has 2 saturated heterocycles. The highest BCUT2D eigenvalue weighted by Crippen LogP contribution is 2.20. The fourth-order valence-electron chi connectivity index (χ4n) is 3.83. The largest absolute Gasteiger partial charge is 0.480 e. The molecule has 164 valence electrons. The Morgan fingerprint density at radius 3 is 2.34 bits per heavy atom. The van der Waals surface area contributed by atoms with E-state index in [1.54, 1.807) is 0 Å². The van der Waals surface area contributed by atoms with E-state index in [1.165, 1.54) is 4.90 Å². The standard InChI is InChI=1S/C19H32N4O5S/c1-11(2)9-13(19(27)28)21-17(25)15-6-4-8-23(15)18(26)14(10-29)22-16(24)12-5-3-7-20-12/h11-15,20,29H,3-10H2,1-2H3,(H,21,25)(H,22,24)(H,27,28). The van der Waals surface area contributed by atoms with Crippen LogP contribution in [0.2, 0.25) is 0 Å². The summed E-state index contributed by atoms with van der Waals surface area (Å²) in [5, 5.41) is 17.7. The molecule has 0 aliphatic carbocycles. The van der Waals surface area contributed by atoms with Gasteiger partial charge in [0.15, 0.2) is 0 Å². The lowest BCUT2D eigenvalue weighted by Crippen LogP contribution is -2.57. The first-order valence-corrected chi connectivity index (χ1v) is 10.9. The molecule has 0 radical (unpaired) electrons. The molecule has 0 spiro atoms. The highest BCUT2D eigenvalue weighted by molar-refractivity contribution is 7.80. The Hall–Kier alpha value is -1.81. The second kappa shape index (κ2) is 10.8. The molecule has 2 fully saturated rings. The Morgan fingerprint density at radius 2 is 1.79 bits per heavy atom. The zero-order valence-electron chi connectivity index (χ0n) is 17.0. The molecule has 2 aliphatic heterocycles. The molecule has 4 N–H and O–H groups in total. The van der Waals surface area contributed by atoms with Gasteiger partial charge in [0, 0.05) is 12.3 Å². The molecular formula is C19H32N4O5S. The van der Waals surface area contributed by atoms with E-state index < -0.39 is 30.0 Å². The van der Waals surface area contributed by atoms with Crippen molar-refractivity contribution in [2.24, 2.45) is 5.92 Å². The number of hydrogen-bond donors (Lipinski definition) is 5. The van der Waals surface area contributed by atoms with Gasteiger partial charge < -0.3 is 26.0 Å². The summed E-state index contributed by atoms with van der Waals surface area (Å²) in [7, 11) is 0. The van der Waals surface area contributed by atoms with Crippen LogP contribution >= 0.6 is 12.6 Å². The van der Waals surface area contributed by atoms with Gasteiger partial charge in [0.05, 0.1) is 6.04 Å². The molecule has 3 amide bonds. The highest BCUT2D eigenvalue weighted by Gasteiger charge is 2.39. The van der Waals surface area contributed by atoms with Crippen LogP contribution in [0.1, 0.15) is 46.0 Å². The summed E-state index contributed by atoms with van der Waals surface area (Å²) in [6.07, 6.45) is 3.05. The van der Waals surface area contributed by atoms with Crippen LogP contribution in [-0.4, -0.2) is 76.7 Å². The summed E-state index contributed by atoms with van der Waals surface area (Å²) in [5.74, 6) is -1.94. The van der Waals surface area contributed by atoms with Crippen molar-refractivity contribution in [1.29, 1.82) is 0 Å². The Morgan fingerprint density at radius 1 is 1.10 bits per heavy atom. The molecule has 29 heavy (non-hydrogen) atoms. The van der Waals surface area contributed by atoms with Gasteiger partial charge in [0.25, 0.3) is 0 Å². The van der Waals surface area contributed by atoms with Crippen LogP contribution in [0.4, 0.5) is 0 Å². The maximum atomic E-state index is 13.0. The Balaban J connectivity index is 2.01. The average molecular weight is 429 g/mol. The monoisotopic (exact) mass is 428 g/mol. The molecule has 0 aromatic rings. The number of amides is 3. The van der Waals surface area contributed by atoms with Crippen molar-refractivity contribution in [3.8, 4) is 0 Å². The first-order valence-electron chi connectivity index (χ1n) is 10.2. The summed E-state index contributed by atoms with van der Waals surface area (Å²) in [5.41, 5.74) is 0. The molecule has 2 rings (SSSR count). The van der Waals surface area contributed by atoms with Gasteiger partial charge in [-0.1, -0.05) is 13.8 Å². The normalized spacial score (nSPS) is 23.7. The first kappa shape index (κ1) is 23.5. The van der Waals surface area contributed by atoms with Crippen LogP contribution in [0.5, 0.6) is 0 Å². The number of nitrogens with one attached hydrogen (secondary N) is 3. The van der Waals surface area contributed by atoms with E-state index >= 15 is 0 Å². The van der Waals surface area contributed by atoms with Gasteiger partial charge in [-0.05, 0) is 44.6 Å². The van der Waals surface area contributed by atoms with Crippen LogP contribution in [0.25, 0.3) is 0 Å². The highest BCUT2D eigenvalue weighted by atomic mass is 32.1. The number of nitrogens with zero attached hydrogens (tertiary/aromatic N) is 1. The first-order chi connectivity index (χ1) is 13.7. The molecule has 10 heteroatoms. The van der Waals surface area contributed by atoms with Gasteiger partial charge in [-0.3, -0.25) is 14.4 Å². The number of carbonyl (C=O) groups excluding carboxylic acids is 3. The van der Waals surface area contributed by atoms with E-state index in [0.717, 1.165) is 19.4 Å². The van der Waals surface area contributed by atoms with Crippen LogP contribution in [0.3, 0.4) is 0 Å². The van der Waals surface area contributed by atoms with Crippen molar-refractivity contribution in [2.75, 3.05) is 18.8 Å². The smallest absolute Gasteiger partial charge is 0.326 e. The van der Waals surface area contributed by atoms with Gasteiger partial charge in [-0.25, -0.2) is 4.79 Å². The molecule has 0 bridgehead atoms. The SMILES string of the molecule is CC(C)CC(NC(=O)C1CCCN1C(=O)C(CS)NC(=O)C1CCCN1)C(=O)O. The summed E-state index contributed by atoms with van der Waals surface area (Å²) in [4.78, 5) is 50.9. The second-order valence-electron chi connectivity index (χ2n) is 8.11. The number of hydrogen-bond acceptors (Lipinski definition) is 6. The number of thiol groups is 1. The fraction of sp³-hybridized carbons (Fsp3) is 0.789. The quantitative estimate of drug-likeness (QED) is 0.323. The minimum Gasteiger partial charge on any atom is -0.480 e. The molecule has 4 unspecified atom stereocenters. The van der Waals surface area contributed by atoms with Gasteiger partial charge in [0.1, 0.15) is 18.1 Å². The zero-order valence-corrected chi connectivity index (χ0v) is 17.9. The average Bonchev–Trinajstić information content (AvgIpc) is 3.36. The maximum absolute atomic E-state index is 13.0. The van der Waals surface area contributed by atoms with Gasteiger partial charge in [0.2, 0.25) is 17.7 Å². The van der Waals surface area contributed by atoms with Crippen molar-refractivity contribution < 1.29 is 24.3 Å². The third-order valence-corrected chi connectivity index (χ3v) is 5.70. The van der Waals surface area contributed by atoms with E-state index in [0.29, 0.717) is 25.8 Å². The van der Waals surface area contributed by atoms with Crippen molar-refractivity contribution in [2.45, 2.75) is 70.1 Å². The van der Waals surface area contributed by atoms with Crippen LogP contribution < -0.4 is 16.0 Å². The summed E-state index contributed by atoms with van der Waals surface area (Å²) < 4.78 is 0. The third kappa shape index (κ3) is 6.33. The maximum Gasteiger partial charge on any atom is 0.326 e. The number of carboxylic acids is 1. The molecule has 4 atom stereocenters. The Bertz CT molecular complexity index is 624. The predicted molar refractivity (Wildman–Crippen MR) is 111 cm³/mol. The predicted octanol–water partition coefficient (Wildman–Crippen LogP) is -0.240. The van der Waals surface area contributed by atoms with E-state index in [9.17, 15) is 24.3 Å². The van der Waals surface area contributed by atoms with Crippen molar-refractivity contribution >= 4 is 36.3 Å². The molecule has 2 aliphatic rings. The molecule has 0 aromatic carbocycles. The van der Waals surface area contributed by atoms with Crippen molar-refractivity contribution in [3.05, 3.63) is 0 Å². The summed E-state index contributed by atoms with van der Waals surface area (Å²) in [6.45, 7) is 4.92. The number of rotatable bonds is 9. The Kier molecular flexibility index (Phi) is 8.76.